The van der Waals surface area contributed by atoms with Crippen molar-refractivity contribution >= 4 is 34.3 Å². The van der Waals surface area contributed by atoms with E-state index in [0.29, 0.717) is 22.6 Å². The van der Waals surface area contributed by atoms with Crippen molar-refractivity contribution in [3.63, 3.8) is 0 Å². The molecule has 28 heavy (non-hydrogen) atoms. The number of nitrogens with one attached hydrogen (secondary N) is 3. The number of pyridine rings is 1. The topological polar surface area (TPSA) is 150 Å². The molecular weight excluding hydrogens is 382 g/mol. The Hall–Kier alpha value is -3.73. The first-order valence-corrected chi connectivity index (χ1v) is 9.23. The number of thioether (sulfide) groups is 1. The van der Waals surface area contributed by atoms with Gasteiger partial charge in [0.15, 0.2) is 10.7 Å². The number of hydrogen-bond acceptors (Lipinski definition) is 8. The summed E-state index contributed by atoms with van der Waals surface area (Å²) in [5, 5.41) is 23.8. The highest BCUT2D eigenvalue weighted by atomic mass is 32.2. The summed E-state index contributed by atoms with van der Waals surface area (Å²) in [6, 6.07) is 8.71. The van der Waals surface area contributed by atoms with E-state index in [0.717, 1.165) is 17.1 Å². The first-order valence-electron chi connectivity index (χ1n) is 8.01. The Labute approximate surface area is 161 Å². The maximum atomic E-state index is 12.4. The van der Waals surface area contributed by atoms with Crippen molar-refractivity contribution in [2.24, 2.45) is 0 Å². The van der Waals surface area contributed by atoms with Crippen molar-refractivity contribution in [2.45, 2.75) is 5.16 Å². The molecule has 4 aromatic rings. The van der Waals surface area contributed by atoms with Crippen LogP contribution in [0.2, 0.25) is 0 Å². The number of hydrogen-bond donors (Lipinski definition) is 4. The number of rotatable bonds is 4. The van der Waals surface area contributed by atoms with Gasteiger partial charge in [-0.1, -0.05) is 17.8 Å². The summed E-state index contributed by atoms with van der Waals surface area (Å²) >= 11 is 1.15. The van der Waals surface area contributed by atoms with Crippen LogP contribution in [0.4, 0.5) is 5.69 Å². The standard InChI is InChI=1S/C17H13N7O3S/c1-28-17-21-15(26)13(16(27)22-17)14(25)19-9-3-5-10-8(6-9)2-4-11(20-10)12-7-18-24-23-12/h2-7H,1H3,(H,19,25)(H,18,23,24)(H2,21,22,26,27). The maximum absolute atomic E-state index is 12.4. The summed E-state index contributed by atoms with van der Waals surface area (Å²) in [6.07, 6.45) is 3.26. The van der Waals surface area contributed by atoms with Gasteiger partial charge < -0.3 is 15.4 Å². The summed E-state index contributed by atoms with van der Waals surface area (Å²) in [6.45, 7) is 0. The lowest BCUT2D eigenvalue weighted by Crippen LogP contribution is -2.24. The number of carbonyl (C=O) groups is 1. The predicted molar refractivity (Wildman–Crippen MR) is 103 cm³/mol. The monoisotopic (exact) mass is 395 g/mol. The predicted octanol–water partition coefficient (Wildman–Crippen LogP) is 1.78. The van der Waals surface area contributed by atoms with E-state index >= 15 is 0 Å². The lowest BCUT2D eigenvalue weighted by molar-refractivity contribution is 0.102. The highest BCUT2D eigenvalue weighted by Crippen LogP contribution is 2.22. The number of carbonyl (C=O) groups excluding carboxylic acids is 1. The van der Waals surface area contributed by atoms with Gasteiger partial charge in [0.05, 0.1) is 17.4 Å². The van der Waals surface area contributed by atoms with Crippen LogP contribution >= 0.6 is 11.8 Å². The molecule has 3 heterocycles. The van der Waals surface area contributed by atoms with Crippen molar-refractivity contribution in [3.05, 3.63) is 52.4 Å². The molecule has 0 saturated heterocycles. The van der Waals surface area contributed by atoms with Crippen LogP contribution in [0.1, 0.15) is 10.4 Å². The minimum absolute atomic E-state index is 0.221. The summed E-state index contributed by atoms with van der Waals surface area (Å²) < 4.78 is 0. The van der Waals surface area contributed by atoms with Crippen LogP contribution in [-0.2, 0) is 0 Å². The van der Waals surface area contributed by atoms with E-state index in [1.54, 1.807) is 36.7 Å². The van der Waals surface area contributed by atoms with Crippen molar-refractivity contribution in [2.75, 3.05) is 11.6 Å². The second kappa shape index (κ2) is 7.12. The molecule has 0 aliphatic carbocycles. The highest BCUT2D eigenvalue weighted by molar-refractivity contribution is 7.98. The minimum atomic E-state index is -0.759. The minimum Gasteiger partial charge on any atom is -0.493 e. The molecule has 3 aromatic heterocycles. The second-order valence-electron chi connectivity index (χ2n) is 5.69. The van der Waals surface area contributed by atoms with Gasteiger partial charge in [0.2, 0.25) is 5.88 Å². The van der Waals surface area contributed by atoms with Crippen LogP contribution < -0.4 is 10.9 Å². The van der Waals surface area contributed by atoms with E-state index in [1.807, 2.05) is 6.07 Å². The van der Waals surface area contributed by atoms with Gasteiger partial charge in [0.1, 0.15) is 5.69 Å². The third kappa shape index (κ3) is 3.30. The molecule has 0 atom stereocenters. The third-order valence-corrected chi connectivity index (χ3v) is 4.50. The summed E-state index contributed by atoms with van der Waals surface area (Å²) in [5.74, 6) is -1.38. The van der Waals surface area contributed by atoms with Crippen LogP contribution in [-0.4, -0.2) is 47.6 Å². The van der Waals surface area contributed by atoms with Crippen LogP contribution in [0.25, 0.3) is 22.3 Å². The van der Waals surface area contributed by atoms with Crippen LogP contribution in [0.3, 0.4) is 0 Å². The molecule has 10 nitrogen and oxygen atoms in total. The largest absolute Gasteiger partial charge is 0.493 e. The normalized spacial score (nSPS) is 10.9. The fourth-order valence-electron chi connectivity index (χ4n) is 2.61. The number of benzene rings is 1. The fraction of sp³-hybridized carbons (Fsp3) is 0.0588. The van der Waals surface area contributed by atoms with E-state index in [2.05, 4.69) is 35.7 Å². The number of fused-ring (bicyclic) bond motifs is 1. The molecule has 1 aromatic carbocycles. The molecule has 0 aliphatic heterocycles. The molecule has 0 unspecified atom stereocenters. The first-order chi connectivity index (χ1) is 13.5. The number of anilines is 1. The SMILES string of the molecule is CSc1nc(O)c(C(=O)Nc2ccc3nc(-c4cn[nH]n4)ccc3c2)c(=O)[nH]1. The van der Waals surface area contributed by atoms with Gasteiger partial charge in [-0.2, -0.15) is 20.4 Å². The van der Waals surface area contributed by atoms with Gasteiger partial charge in [0, 0.05) is 11.1 Å². The van der Waals surface area contributed by atoms with Gasteiger partial charge in [-0.15, -0.1) is 0 Å². The lowest BCUT2D eigenvalue weighted by atomic mass is 10.1. The zero-order valence-corrected chi connectivity index (χ0v) is 15.2. The van der Waals surface area contributed by atoms with Gasteiger partial charge in [-0.25, -0.2) is 4.98 Å². The summed E-state index contributed by atoms with van der Waals surface area (Å²) in [7, 11) is 0. The highest BCUT2D eigenvalue weighted by Gasteiger charge is 2.19. The Kier molecular flexibility index (Phi) is 4.49. The van der Waals surface area contributed by atoms with Gasteiger partial charge in [-0.3, -0.25) is 9.59 Å². The lowest BCUT2D eigenvalue weighted by Gasteiger charge is -2.08. The van der Waals surface area contributed by atoms with Crippen LogP contribution in [0, 0.1) is 0 Å². The Morgan fingerprint density at radius 1 is 1.18 bits per heavy atom. The molecule has 140 valence electrons. The number of H-pyrrole nitrogens is 2. The second-order valence-corrected chi connectivity index (χ2v) is 6.48. The quantitative estimate of drug-likeness (QED) is 0.302. The van der Waals surface area contributed by atoms with Gasteiger partial charge in [0.25, 0.3) is 11.5 Å². The summed E-state index contributed by atoms with van der Waals surface area (Å²) in [5.41, 5.74) is 1.27. The summed E-state index contributed by atoms with van der Waals surface area (Å²) in [4.78, 5) is 35.2. The van der Waals surface area contributed by atoms with E-state index in [9.17, 15) is 14.7 Å². The van der Waals surface area contributed by atoms with Gasteiger partial charge >= 0.3 is 0 Å². The van der Waals surface area contributed by atoms with Gasteiger partial charge in [-0.05, 0) is 30.5 Å². The molecular formula is C17H13N7O3S. The Balaban J connectivity index is 1.62. The molecule has 0 spiro atoms. The Morgan fingerprint density at radius 2 is 2.04 bits per heavy atom. The number of aromatic hydroxyl groups is 1. The Morgan fingerprint density at radius 3 is 2.75 bits per heavy atom. The van der Waals surface area contributed by atoms with E-state index in [-0.39, 0.29) is 5.16 Å². The average molecular weight is 395 g/mol. The molecule has 1 amide bonds. The molecule has 4 N–H and O–H groups in total. The maximum Gasteiger partial charge on any atom is 0.268 e. The fourth-order valence-corrected chi connectivity index (χ4v) is 2.98. The smallest absolute Gasteiger partial charge is 0.268 e. The molecule has 11 heteroatoms. The number of aromatic nitrogens is 6. The molecule has 0 fully saturated rings. The number of nitrogens with zero attached hydrogens (tertiary/aromatic N) is 4. The average Bonchev–Trinajstić information content (AvgIpc) is 3.21. The molecule has 0 bridgehead atoms. The number of aromatic amines is 2. The molecule has 0 aliphatic rings. The van der Waals surface area contributed by atoms with E-state index in [1.165, 1.54) is 0 Å². The van der Waals surface area contributed by atoms with E-state index in [4.69, 9.17) is 0 Å². The van der Waals surface area contributed by atoms with Crippen LogP contribution in [0.5, 0.6) is 5.88 Å². The van der Waals surface area contributed by atoms with Crippen molar-refractivity contribution in [1.82, 2.24) is 30.4 Å². The van der Waals surface area contributed by atoms with Crippen molar-refractivity contribution in [3.8, 4) is 17.3 Å². The zero-order chi connectivity index (χ0) is 19.7. The zero-order valence-electron chi connectivity index (χ0n) is 14.4. The molecule has 0 radical (unpaired) electrons. The van der Waals surface area contributed by atoms with Crippen molar-refractivity contribution < 1.29 is 9.90 Å². The van der Waals surface area contributed by atoms with E-state index < -0.39 is 22.9 Å². The molecule has 4 rings (SSSR count). The molecule has 0 saturated carbocycles. The van der Waals surface area contributed by atoms with Crippen LogP contribution in [0.15, 0.2) is 46.5 Å². The van der Waals surface area contributed by atoms with Crippen molar-refractivity contribution in [1.29, 1.82) is 0 Å². The number of amides is 1. The Bertz CT molecular complexity index is 1240. The third-order valence-electron chi connectivity index (χ3n) is 3.92. The first kappa shape index (κ1) is 17.7.